The van der Waals surface area contributed by atoms with E-state index in [1.54, 1.807) is 0 Å². The van der Waals surface area contributed by atoms with Crippen LogP contribution in [0, 0.1) is 0 Å². The minimum absolute atomic E-state index is 0.111. The molecule has 204 valence electrons. The zero-order chi connectivity index (χ0) is 27.5. The minimum atomic E-state index is -0.111. The van der Waals surface area contributed by atoms with Crippen LogP contribution < -0.4 is 5.11 Å². The third-order valence-corrected chi connectivity index (χ3v) is 7.86. The van der Waals surface area contributed by atoms with E-state index in [4.69, 9.17) is 28.8 Å². The summed E-state index contributed by atoms with van der Waals surface area (Å²) in [4.78, 5) is 22.0. The molecule has 2 bridgehead atoms. The monoisotopic (exact) mass is 637 g/mol. The van der Waals surface area contributed by atoms with Crippen LogP contribution in [0.4, 0.5) is 0 Å². The maximum absolute atomic E-state index is 13.3. The Balaban J connectivity index is 0.00000195. The number of carbonyl (C=O) groups excluding carboxylic acids is 1. The molecule has 0 N–H and O–H groups in total. The molecule has 2 aliphatic heterocycles. The van der Waals surface area contributed by atoms with Gasteiger partial charge in [-0.3, -0.25) is 9.69 Å². The van der Waals surface area contributed by atoms with Crippen molar-refractivity contribution < 1.29 is 32.3 Å². The fraction of sp³-hybridized carbons (Fsp3) is 0.517. The predicted octanol–water partition coefficient (Wildman–Crippen LogP) is 3.23. The van der Waals surface area contributed by atoms with Gasteiger partial charge in [-0.25, -0.2) is 0 Å². The van der Waals surface area contributed by atoms with E-state index in [-0.39, 0.29) is 17.7 Å². The molecule has 2 aromatic carbocycles. The van der Waals surface area contributed by atoms with Gasteiger partial charge in [0, 0.05) is 43.7 Å². The quantitative estimate of drug-likeness (QED) is 0.190. The summed E-state index contributed by atoms with van der Waals surface area (Å²) in [5.41, 5.74) is 3.47. The third kappa shape index (κ3) is 7.86. The summed E-state index contributed by atoms with van der Waals surface area (Å²) in [6.45, 7) is 5.13. The molecular formula is C29H36N3O3S2Tc. The van der Waals surface area contributed by atoms with Gasteiger partial charge in [0.15, 0.2) is 5.78 Å². The summed E-state index contributed by atoms with van der Waals surface area (Å²) in [5.74, 6) is 1.23. The standard InChI is InChI=1S/C29H39N3O2S2.O.Tc/c1-2-27(33)29-25(23-9-8-21-6-3-4-7-22(21)18-23)19-24-10-11-26(29)32(24)14-5-13-31(15-17-36)20-28(34)30-12-16-35;;/h3-4,6-9,18,24,26,35-36H,2,5,10-17,19-20H2,1H3,(H,30,34);;/q;;+3/p-3/t24-,26+;;/m0../s1/i;;1+1. The van der Waals surface area contributed by atoms with Crippen molar-refractivity contribution >= 4 is 53.3 Å². The molecule has 0 spiro atoms. The Kier molecular flexibility index (Phi) is 13.2. The molecule has 0 amide bonds. The molecule has 9 heteroatoms. The van der Waals surface area contributed by atoms with Gasteiger partial charge in [-0.15, -0.1) is 0 Å². The number of carbonyl (C=O) groups is 1. The molecule has 2 heterocycles. The number of aliphatic imine (C=N–C) groups is 1. The molecule has 4 rings (SSSR count). The topological polar surface area (TPSA) is 76.0 Å². The van der Waals surface area contributed by atoms with Crippen LogP contribution in [0.15, 0.2) is 53.0 Å². The van der Waals surface area contributed by atoms with Gasteiger partial charge >= 0.3 is 22.4 Å². The summed E-state index contributed by atoms with van der Waals surface area (Å²) in [5, 5.41) is 14.6. The molecule has 0 aliphatic carbocycles. The second-order valence-corrected chi connectivity index (χ2v) is 10.5. The third-order valence-electron chi connectivity index (χ3n) is 7.50. The Bertz CT molecular complexity index is 1140. The number of nitrogens with zero attached hydrogens (tertiary/aromatic N) is 3. The van der Waals surface area contributed by atoms with Crippen LogP contribution in [0.5, 0.6) is 0 Å². The van der Waals surface area contributed by atoms with E-state index in [1.165, 1.54) is 21.9 Å². The van der Waals surface area contributed by atoms with Gasteiger partial charge in [0.05, 0.1) is 0 Å². The second kappa shape index (κ2) is 16.0. The molecule has 1 fully saturated rings. The Morgan fingerprint density at radius 1 is 1.11 bits per heavy atom. The number of benzene rings is 2. The van der Waals surface area contributed by atoms with Crippen LogP contribution in [0.25, 0.3) is 16.3 Å². The number of ketones is 1. The number of Topliss-reactive ketones (excluding diaryl/α,β-unsaturated/α-hetero) is 1. The van der Waals surface area contributed by atoms with Crippen LogP contribution in [0.2, 0.25) is 0 Å². The van der Waals surface area contributed by atoms with Crippen molar-refractivity contribution in [2.24, 2.45) is 4.99 Å². The molecule has 0 saturated carbocycles. The average molecular weight is 638 g/mol. The van der Waals surface area contributed by atoms with Gasteiger partial charge < -0.3 is 40.3 Å². The molecule has 1 saturated heterocycles. The van der Waals surface area contributed by atoms with Crippen molar-refractivity contribution in [3.63, 3.8) is 0 Å². The van der Waals surface area contributed by atoms with E-state index in [1.807, 2.05) is 6.92 Å². The van der Waals surface area contributed by atoms with Crippen LogP contribution >= 0.6 is 0 Å². The van der Waals surface area contributed by atoms with E-state index in [0.29, 0.717) is 43.6 Å². The first-order valence-corrected chi connectivity index (χ1v) is 15.2. The summed E-state index contributed by atoms with van der Waals surface area (Å²) in [6, 6.07) is 15.7. The summed E-state index contributed by atoms with van der Waals surface area (Å²) >= 11 is 11.0. The normalized spacial score (nSPS) is 19.6. The van der Waals surface area contributed by atoms with Gasteiger partial charge in [0.25, 0.3) is 0 Å². The number of fused-ring (bicyclic) bond motifs is 3. The van der Waals surface area contributed by atoms with Crippen LogP contribution in [-0.2, 0) is 52.4 Å². The van der Waals surface area contributed by atoms with Crippen LogP contribution in [0.1, 0.15) is 44.6 Å². The molecule has 2 atom stereocenters. The van der Waals surface area contributed by atoms with E-state index in [2.05, 4.69) is 57.3 Å². The summed E-state index contributed by atoms with van der Waals surface area (Å²) in [6.07, 6.45) is 4.55. The predicted molar refractivity (Wildman–Crippen MR) is 153 cm³/mol. The fourth-order valence-electron chi connectivity index (χ4n) is 5.83. The van der Waals surface area contributed by atoms with E-state index in [0.717, 1.165) is 63.2 Å². The fourth-order valence-corrected chi connectivity index (χ4v) is 6.18. The van der Waals surface area contributed by atoms with Crippen molar-refractivity contribution in [1.82, 2.24) is 9.80 Å². The van der Waals surface area contributed by atoms with Crippen molar-refractivity contribution in [2.75, 3.05) is 44.2 Å². The molecule has 0 radical (unpaired) electrons. The van der Waals surface area contributed by atoms with Crippen LogP contribution in [-0.4, -0.2) is 77.8 Å². The number of hydrogen-bond acceptors (Lipinski definition) is 8. The Labute approximate surface area is 248 Å². The molecule has 2 aromatic rings. The van der Waals surface area contributed by atoms with Gasteiger partial charge in [0.2, 0.25) is 0 Å². The van der Waals surface area contributed by atoms with E-state index >= 15 is 0 Å². The summed E-state index contributed by atoms with van der Waals surface area (Å²) < 4.78 is 8.22. The molecule has 0 unspecified atom stereocenters. The maximum atomic E-state index is 13.3. The molecular weight excluding hydrogens is 601 g/mol. The first-order valence-electron chi connectivity index (χ1n) is 13.3. The molecule has 2 aliphatic rings. The first kappa shape index (κ1) is 31.2. The van der Waals surface area contributed by atoms with Crippen molar-refractivity contribution in [3.05, 3.63) is 53.6 Å². The van der Waals surface area contributed by atoms with Crippen molar-refractivity contribution in [3.8, 4) is 0 Å². The molecule has 38 heavy (non-hydrogen) atoms. The first-order chi connectivity index (χ1) is 18.5. The van der Waals surface area contributed by atoms with E-state index < -0.39 is 0 Å². The summed E-state index contributed by atoms with van der Waals surface area (Å²) in [7, 11) is 0. The number of rotatable bonds is 13. The van der Waals surface area contributed by atoms with Crippen molar-refractivity contribution in [2.45, 2.75) is 51.1 Å². The average Bonchev–Trinajstić information content (AvgIpc) is 3.22. The Morgan fingerprint density at radius 2 is 1.87 bits per heavy atom. The van der Waals surface area contributed by atoms with Crippen LogP contribution in [0.3, 0.4) is 0 Å². The molecule has 6 nitrogen and oxygen atoms in total. The van der Waals surface area contributed by atoms with Crippen molar-refractivity contribution in [1.29, 1.82) is 0 Å². The van der Waals surface area contributed by atoms with E-state index in [9.17, 15) is 9.90 Å². The van der Waals surface area contributed by atoms with Gasteiger partial charge in [-0.1, -0.05) is 43.3 Å². The number of hydrogen-bond donors (Lipinski definition) is 0. The van der Waals surface area contributed by atoms with Gasteiger partial charge in [-0.2, -0.15) is 11.5 Å². The zero-order valence-electron chi connectivity index (χ0n) is 21.9. The van der Waals surface area contributed by atoms with Gasteiger partial charge in [0.1, 0.15) is 0 Å². The Morgan fingerprint density at radius 3 is 2.58 bits per heavy atom. The Hall–Kier alpha value is -1.35. The SMILES string of the molecule is CCC(=O)C1=C(c2ccc3ccccc3c2)C[C@@H]2CC[C@H]1N2CCCN(CC[S-])CC([O-])=NCC[S-].[O]=[99Tc+3]. The molecule has 0 aromatic heterocycles. The zero-order valence-corrected chi connectivity index (χ0v) is 25.4. The second-order valence-electron chi connectivity index (χ2n) is 9.73. The van der Waals surface area contributed by atoms with Gasteiger partial charge in [-0.05, 0) is 72.6 Å².